The number of hydrogen-bond donors (Lipinski definition) is 0. The number of alkyl halides is 1. The molecule has 0 aliphatic heterocycles. The number of allylic oxidation sites excluding steroid dienone is 2. The zero-order chi connectivity index (χ0) is 21.7. The Labute approximate surface area is 192 Å². The van der Waals surface area contributed by atoms with Crippen molar-refractivity contribution in [3.05, 3.63) is 47.5 Å². The first kappa shape index (κ1) is 24.5. The van der Waals surface area contributed by atoms with Crippen LogP contribution >= 0.6 is 0 Å². The predicted octanol–water partition coefficient (Wildman–Crippen LogP) is 9.59. The molecule has 0 N–H and O–H groups in total. The minimum atomic E-state index is -0.307. The Hall–Kier alpha value is -1.11. The largest absolute Gasteiger partial charge is 0.247 e. The number of benzene rings is 1. The van der Waals surface area contributed by atoms with Gasteiger partial charge in [-0.1, -0.05) is 81.9 Å². The molecular formula is C30H47F. The van der Waals surface area contributed by atoms with Gasteiger partial charge in [-0.05, 0) is 99.0 Å². The molecule has 0 heterocycles. The summed E-state index contributed by atoms with van der Waals surface area (Å²) in [6.45, 7) is 1.98. The van der Waals surface area contributed by atoms with Gasteiger partial charge in [0.25, 0.3) is 0 Å². The molecule has 0 nitrogen and oxygen atoms in total. The summed E-state index contributed by atoms with van der Waals surface area (Å²) in [5, 5.41) is 0. The summed E-state index contributed by atoms with van der Waals surface area (Å²) in [7, 11) is 0. The summed E-state index contributed by atoms with van der Waals surface area (Å²) in [5.41, 5.74) is 3.13. The molecule has 0 aromatic heterocycles. The fourth-order valence-electron chi connectivity index (χ4n) is 6.27. The fourth-order valence-corrected chi connectivity index (χ4v) is 6.27. The van der Waals surface area contributed by atoms with Gasteiger partial charge in [-0.2, -0.15) is 0 Å². The molecule has 2 aliphatic rings. The summed E-state index contributed by atoms with van der Waals surface area (Å²) >= 11 is 0. The van der Waals surface area contributed by atoms with Crippen LogP contribution in [0, 0.1) is 17.8 Å². The third kappa shape index (κ3) is 8.39. The fraction of sp³-hybridized carbons (Fsp3) is 0.733. The van der Waals surface area contributed by atoms with E-state index in [0.29, 0.717) is 0 Å². The molecule has 0 radical (unpaired) electrons. The van der Waals surface area contributed by atoms with Crippen molar-refractivity contribution in [2.24, 2.45) is 17.8 Å². The lowest BCUT2D eigenvalue weighted by molar-refractivity contribution is 0.157. The first-order valence-electron chi connectivity index (χ1n) is 13.6. The quantitative estimate of drug-likeness (QED) is 0.230. The van der Waals surface area contributed by atoms with E-state index in [9.17, 15) is 4.39 Å². The summed E-state index contributed by atoms with van der Waals surface area (Å²) in [5.74, 6) is 3.65. The van der Waals surface area contributed by atoms with Crippen LogP contribution in [0.3, 0.4) is 0 Å². The van der Waals surface area contributed by atoms with Crippen molar-refractivity contribution in [3.63, 3.8) is 0 Å². The zero-order valence-electron chi connectivity index (χ0n) is 20.2. The van der Waals surface area contributed by atoms with Crippen molar-refractivity contribution in [2.75, 3.05) is 6.67 Å². The molecule has 1 aromatic rings. The van der Waals surface area contributed by atoms with Crippen LogP contribution in [-0.4, -0.2) is 6.67 Å². The lowest BCUT2D eigenvalue weighted by Gasteiger charge is -2.38. The summed E-state index contributed by atoms with van der Waals surface area (Å²) < 4.78 is 12.2. The van der Waals surface area contributed by atoms with Gasteiger partial charge in [-0.15, -0.1) is 0 Å². The van der Waals surface area contributed by atoms with Crippen LogP contribution in [-0.2, 0) is 6.42 Å². The van der Waals surface area contributed by atoms with Crippen LogP contribution in [0.4, 0.5) is 4.39 Å². The van der Waals surface area contributed by atoms with Crippen molar-refractivity contribution >= 4 is 0 Å². The molecule has 1 heteroatoms. The Balaban J connectivity index is 1.34. The van der Waals surface area contributed by atoms with Crippen LogP contribution in [0.1, 0.15) is 120 Å². The van der Waals surface area contributed by atoms with Gasteiger partial charge < -0.3 is 0 Å². The van der Waals surface area contributed by atoms with E-state index in [-0.39, 0.29) is 6.67 Å². The van der Waals surface area contributed by atoms with Crippen LogP contribution in [0.25, 0.3) is 0 Å². The molecule has 31 heavy (non-hydrogen) atoms. The highest BCUT2D eigenvalue weighted by atomic mass is 19.1. The number of hydrogen-bond acceptors (Lipinski definition) is 0. The molecule has 3 rings (SSSR count). The van der Waals surface area contributed by atoms with E-state index in [4.69, 9.17) is 0 Å². The van der Waals surface area contributed by atoms with E-state index in [1.165, 1.54) is 102 Å². The lowest BCUT2D eigenvalue weighted by Crippen LogP contribution is -2.25. The maximum Gasteiger partial charge on any atom is 0.108 e. The smallest absolute Gasteiger partial charge is 0.108 e. The van der Waals surface area contributed by atoms with Gasteiger partial charge >= 0.3 is 0 Å². The van der Waals surface area contributed by atoms with Gasteiger partial charge in [0.2, 0.25) is 0 Å². The van der Waals surface area contributed by atoms with Gasteiger partial charge in [0.15, 0.2) is 0 Å². The lowest BCUT2D eigenvalue weighted by atomic mass is 9.68. The van der Waals surface area contributed by atoms with Crippen LogP contribution in [0.5, 0.6) is 0 Å². The number of aryl methyl sites for hydroxylation is 1. The van der Waals surface area contributed by atoms with E-state index in [1.807, 2.05) is 6.08 Å². The van der Waals surface area contributed by atoms with Crippen molar-refractivity contribution in [1.29, 1.82) is 0 Å². The second-order valence-electron chi connectivity index (χ2n) is 10.5. The maximum atomic E-state index is 12.2. The summed E-state index contributed by atoms with van der Waals surface area (Å²) in [6, 6.07) is 9.69. The molecule has 0 amide bonds. The van der Waals surface area contributed by atoms with Crippen molar-refractivity contribution in [1.82, 2.24) is 0 Å². The Morgan fingerprint density at radius 2 is 1.42 bits per heavy atom. The molecule has 0 atom stereocenters. The molecule has 2 saturated carbocycles. The maximum absolute atomic E-state index is 12.2. The zero-order valence-corrected chi connectivity index (χ0v) is 20.2. The van der Waals surface area contributed by atoms with Crippen molar-refractivity contribution < 1.29 is 4.39 Å². The monoisotopic (exact) mass is 426 g/mol. The normalized spacial score (nSPS) is 27.0. The molecular weight excluding hydrogens is 379 g/mol. The molecule has 2 fully saturated rings. The molecule has 0 bridgehead atoms. The first-order chi connectivity index (χ1) is 15.3. The van der Waals surface area contributed by atoms with E-state index in [1.54, 1.807) is 11.6 Å². The van der Waals surface area contributed by atoms with Gasteiger partial charge in [0.05, 0.1) is 0 Å². The van der Waals surface area contributed by atoms with Crippen LogP contribution < -0.4 is 0 Å². The van der Waals surface area contributed by atoms with E-state index in [0.717, 1.165) is 30.1 Å². The predicted molar refractivity (Wildman–Crippen MR) is 133 cm³/mol. The highest BCUT2D eigenvalue weighted by molar-refractivity contribution is 5.26. The van der Waals surface area contributed by atoms with Gasteiger partial charge in [-0.25, -0.2) is 4.39 Å². The molecule has 174 valence electrons. The third-order valence-electron chi connectivity index (χ3n) is 8.35. The molecule has 0 unspecified atom stereocenters. The second kappa shape index (κ2) is 14.1. The van der Waals surface area contributed by atoms with E-state index < -0.39 is 0 Å². The molecule has 1 aromatic carbocycles. The average Bonchev–Trinajstić information content (AvgIpc) is 2.83. The molecule has 2 aliphatic carbocycles. The van der Waals surface area contributed by atoms with E-state index in [2.05, 4.69) is 31.2 Å². The SMILES string of the molecule is CCCCCCCc1ccc(C2CCC([C@H]3CC[C@H](CC/C=C/CF)CC3)CC2)cc1. The number of rotatable bonds is 12. The van der Waals surface area contributed by atoms with Crippen molar-refractivity contribution in [3.8, 4) is 0 Å². The number of unbranched alkanes of at least 4 members (excludes halogenated alkanes) is 4. The standard InChI is InChI=1S/C30H47F/c1-2-3-4-5-7-10-25-12-16-27(17-13-25)29-20-22-30(23-21-29)28-18-14-26(15-19-28)11-8-6-9-24-31/h6,9,12-13,16-17,26,28-30H,2-5,7-8,10-11,14-15,18-24H2,1H3/b9-6+/t26-,28-,29?,30?. The van der Waals surface area contributed by atoms with Crippen molar-refractivity contribution in [2.45, 2.75) is 116 Å². The Bertz CT molecular complexity index is 600. The first-order valence-corrected chi connectivity index (χ1v) is 13.6. The second-order valence-corrected chi connectivity index (χ2v) is 10.5. The topological polar surface area (TPSA) is 0 Å². The van der Waals surface area contributed by atoms with Gasteiger partial charge in [0.1, 0.15) is 6.67 Å². The minimum Gasteiger partial charge on any atom is -0.247 e. The average molecular weight is 427 g/mol. The Morgan fingerprint density at radius 1 is 0.774 bits per heavy atom. The van der Waals surface area contributed by atoms with E-state index >= 15 is 0 Å². The Morgan fingerprint density at radius 3 is 2.06 bits per heavy atom. The minimum absolute atomic E-state index is 0.307. The Kier molecular flexibility index (Phi) is 11.2. The van der Waals surface area contributed by atoms with Crippen LogP contribution in [0.2, 0.25) is 0 Å². The van der Waals surface area contributed by atoms with Gasteiger partial charge in [-0.3, -0.25) is 0 Å². The summed E-state index contributed by atoms with van der Waals surface area (Å²) in [6.07, 6.45) is 25.6. The highest BCUT2D eigenvalue weighted by Gasteiger charge is 2.31. The highest BCUT2D eigenvalue weighted by Crippen LogP contribution is 2.44. The molecule has 0 spiro atoms. The third-order valence-corrected chi connectivity index (χ3v) is 8.35. The van der Waals surface area contributed by atoms with Crippen LogP contribution in [0.15, 0.2) is 36.4 Å². The number of halogens is 1. The molecule has 0 saturated heterocycles. The van der Waals surface area contributed by atoms with Gasteiger partial charge in [0, 0.05) is 0 Å². The summed E-state index contributed by atoms with van der Waals surface area (Å²) in [4.78, 5) is 0.